The summed E-state index contributed by atoms with van der Waals surface area (Å²) in [4.78, 5) is 12.7. The molecule has 1 atom stereocenters. The highest BCUT2D eigenvalue weighted by Crippen LogP contribution is 2.28. The zero-order valence-corrected chi connectivity index (χ0v) is 18.2. The Labute approximate surface area is 175 Å². The summed E-state index contributed by atoms with van der Waals surface area (Å²) in [7, 11) is 1.64. The molecule has 0 unspecified atom stereocenters. The second kappa shape index (κ2) is 9.13. The van der Waals surface area contributed by atoms with Crippen LogP contribution in [-0.2, 0) is 11.3 Å². The van der Waals surface area contributed by atoms with Crippen molar-refractivity contribution in [3.63, 3.8) is 0 Å². The zero-order chi connectivity index (χ0) is 21.0. The molecule has 3 rings (SSSR count). The third kappa shape index (κ3) is 4.79. The van der Waals surface area contributed by atoms with Crippen LogP contribution in [0.1, 0.15) is 25.0 Å². The predicted molar refractivity (Wildman–Crippen MR) is 118 cm³/mol. The van der Waals surface area contributed by atoms with Gasteiger partial charge in [-0.25, -0.2) is 0 Å². The van der Waals surface area contributed by atoms with Gasteiger partial charge in [0, 0.05) is 17.8 Å². The molecule has 6 nitrogen and oxygen atoms in total. The summed E-state index contributed by atoms with van der Waals surface area (Å²) in [6.07, 6.45) is 0. The number of carbonyl (C=O) groups is 1. The van der Waals surface area contributed by atoms with Crippen LogP contribution in [-0.4, -0.2) is 33.0 Å². The van der Waals surface area contributed by atoms with Crippen molar-refractivity contribution in [3.8, 4) is 17.1 Å². The van der Waals surface area contributed by atoms with E-state index in [2.05, 4.69) is 15.5 Å². The molecule has 0 spiro atoms. The molecule has 2 aromatic carbocycles. The molecule has 1 heterocycles. The molecule has 152 valence electrons. The fourth-order valence-electron chi connectivity index (χ4n) is 2.93. The first-order valence-corrected chi connectivity index (χ1v) is 10.4. The number of aromatic nitrogens is 3. The summed E-state index contributed by atoms with van der Waals surface area (Å²) in [6, 6.07) is 13.8. The summed E-state index contributed by atoms with van der Waals surface area (Å²) < 4.78 is 7.24. The third-order valence-electron chi connectivity index (χ3n) is 4.68. The molecule has 0 fully saturated rings. The fourth-order valence-corrected chi connectivity index (χ4v) is 3.84. The normalized spacial score (nSPS) is 11.9. The van der Waals surface area contributed by atoms with Crippen LogP contribution in [0.4, 0.5) is 5.69 Å². The Balaban J connectivity index is 1.76. The Morgan fingerprint density at radius 3 is 2.55 bits per heavy atom. The number of nitrogens with zero attached hydrogens (tertiary/aromatic N) is 3. The number of hydrogen-bond donors (Lipinski definition) is 1. The van der Waals surface area contributed by atoms with E-state index in [9.17, 15) is 4.79 Å². The van der Waals surface area contributed by atoms with Crippen molar-refractivity contribution in [1.82, 2.24) is 14.8 Å². The number of anilines is 1. The highest BCUT2D eigenvalue weighted by Gasteiger charge is 2.21. The van der Waals surface area contributed by atoms with Crippen LogP contribution >= 0.6 is 11.8 Å². The van der Waals surface area contributed by atoms with E-state index in [0.717, 1.165) is 39.1 Å². The molecule has 1 aromatic heterocycles. The van der Waals surface area contributed by atoms with Gasteiger partial charge in [-0.15, -0.1) is 10.2 Å². The van der Waals surface area contributed by atoms with Crippen LogP contribution in [0, 0.1) is 13.8 Å². The van der Waals surface area contributed by atoms with E-state index in [1.807, 2.05) is 74.7 Å². The lowest BCUT2D eigenvalue weighted by Gasteiger charge is -2.14. The van der Waals surface area contributed by atoms with Crippen LogP contribution in [0.15, 0.2) is 47.6 Å². The van der Waals surface area contributed by atoms with E-state index in [1.165, 1.54) is 11.8 Å². The monoisotopic (exact) mass is 410 g/mol. The van der Waals surface area contributed by atoms with E-state index in [1.54, 1.807) is 7.11 Å². The summed E-state index contributed by atoms with van der Waals surface area (Å²) in [5.41, 5.74) is 3.96. The Kier molecular flexibility index (Phi) is 6.59. The van der Waals surface area contributed by atoms with Crippen LogP contribution < -0.4 is 10.1 Å². The summed E-state index contributed by atoms with van der Waals surface area (Å²) in [5, 5.41) is 12.1. The maximum Gasteiger partial charge on any atom is 0.237 e. The summed E-state index contributed by atoms with van der Waals surface area (Å²) in [5.74, 6) is 1.52. The van der Waals surface area contributed by atoms with Crippen LogP contribution in [0.3, 0.4) is 0 Å². The molecule has 0 bridgehead atoms. The SMILES string of the molecule is CCn1c(S[C@H](C)C(=O)Nc2cc(C)ccc2C)nnc1-c1ccc(OC)cc1. The van der Waals surface area contributed by atoms with Gasteiger partial charge in [0.05, 0.1) is 12.4 Å². The van der Waals surface area contributed by atoms with Gasteiger partial charge in [-0.3, -0.25) is 4.79 Å². The summed E-state index contributed by atoms with van der Waals surface area (Å²) >= 11 is 1.41. The second-order valence-corrected chi connectivity index (χ2v) is 8.15. The average Bonchev–Trinajstić information content (AvgIpc) is 3.13. The first kappa shape index (κ1) is 20.9. The van der Waals surface area contributed by atoms with E-state index in [-0.39, 0.29) is 11.2 Å². The molecule has 1 amide bonds. The minimum absolute atomic E-state index is 0.0552. The third-order valence-corrected chi connectivity index (χ3v) is 5.76. The van der Waals surface area contributed by atoms with Crippen LogP contribution in [0.25, 0.3) is 11.4 Å². The van der Waals surface area contributed by atoms with Crippen molar-refractivity contribution in [2.45, 2.75) is 44.6 Å². The first-order valence-electron chi connectivity index (χ1n) is 9.55. The van der Waals surface area contributed by atoms with Gasteiger partial charge in [0.25, 0.3) is 0 Å². The lowest BCUT2D eigenvalue weighted by atomic mass is 10.1. The van der Waals surface area contributed by atoms with Crippen molar-refractivity contribution < 1.29 is 9.53 Å². The van der Waals surface area contributed by atoms with Gasteiger partial charge in [0.15, 0.2) is 11.0 Å². The quantitative estimate of drug-likeness (QED) is 0.571. The molecule has 29 heavy (non-hydrogen) atoms. The maximum atomic E-state index is 12.7. The van der Waals surface area contributed by atoms with Crippen molar-refractivity contribution in [1.29, 1.82) is 0 Å². The number of methoxy groups -OCH3 is 1. The molecule has 0 aliphatic heterocycles. The van der Waals surface area contributed by atoms with Crippen LogP contribution in [0.2, 0.25) is 0 Å². The van der Waals surface area contributed by atoms with Gasteiger partial charge < -0.3 is 14.6 Å². The number of carbonyl (C=O) groups excluding carboxylic acids is 1. The zero-order valence-electron chi connectivity index (χ0n) is 17.4. The molecule has 0 saturated heterocycles. The van der Waals surface area contributed by atoms with Gasteiger partial charge in [0.2, 0.25) is 5.91 Å². The van der Waals surface area contributed by atoms with Crippen molar-refractivity contribution in [2.24, 2.45) is 0 Å². The molecule has 1 N–H and O–H groups in total. The van der Waals surface area contributed by atoms with E-state index in [0.29, 0.717) is 6.54 Å². The Morgan fingerprint density at radius 1 is 1.17 bits per heavy atom. The molecule has 0 saturated carbocycles. The van der Waals surface area contributed by atoms with E-state index in [4.69, 9.17) is 4.74 Å². The number of nitrogens with one attached hydrogen (secondary N) is 1. The van der Waals surface area contributed by atoms with Gasteiger partial charge >= 0.3 is 0 Å². The number of rotatable bonds is 7. The standard InChI is InChI=1S/C22H26N4O2S/c1-6-26-20(17-9-11-18(28-5)12-10-17)24-25-22(26)29-16(4)21(27)23-19-13-14(2)7-8-15(19)3/h7-13,16H,6H2,1-5H3,(H,23,27)/t16-/m1/s1. The smallest absolute Gasteiger partial charge is 0.237 e. The molecular formula is C22H26N4O2S. The molecule has 3 aromatic rings. The lowest BCUT2D eigenvalue weighted by Crippen LogP contribution is -2.23. The van der Waals surface area contributed by atoms with Crippen molar-refractivity contribution >= 4 is 23.4 Å². The first-order chi connectivity index (χ1) is 13.9. The lowest BCUT2D eigenvalue weighted by molar-refractivity contribution is -0.115. The van der Waals surface area contributed by atoms with Gasteiger partial charge in [-0.05, 0) is 69.2 Å². The highest BCUT2D eigenvalue weighted by molar-refractivity contribution is 8.00. The number of thioether (sulfide) groups is 1. The van der Waals surface area contributed by atoms with Crippen LogP contribution in [0.5, 0.6) is 5.75 Å². The second-order valence-electron chi connectivity index (χ2n) is 6.85. The average molecular weight is 411 g/mol. The number of benzene rings is 2. The number of aryl methyl sites for hydroxylation is 2. The maximum absolute atomic E-state index is 12.7. The predicted octanol–water partition coefficient (Wildman–Crippen LogP) is 4.71. The summed E-state index contributed by atoms with van der Waals surface area (Å²) in [6.45, 7) is 8.63. The topological polar surface area (TPSA) is 69.0 Å². The molecule has 0 aliphatic carbocycles. The largest absolute Gasteiger partial charge is 0.497 e. The highest BCUT2D eigenvalue weighted by atomic mass is 32.2. The van der Waals surface area contributed by atoms with Gasteiger partial charge in [-0.1, -0.05) is 23.9 Å². The number of hydrogen-bond acceptors (Lipinski definition) is 5. The number of ether oxygens (including phenoxy) is 1. The number of amides is 1. The van der Waals surface area contributed by atoms with Crippen molar-refractivity contribution in [3.05, 3.63) is 53.6 Å². The molecular weight excluding hydrogens is 384 g/mol. The molecule has 0 radical (unpaired) electrons. The Morgan fingerprint density at radius 2 is 1.90 bits per heavy atom. The van der Waals surface area contributed by atoms with Crippen molar-refractivity contribution in [2.75, 3.05) is 12.4 Å². The fraction of sp³-hybridized carbons (Fsp3) is 0.318. The van der Waals surface area contributed by atoms with E-state index < -0.39 is 0 Å². The van der Waals surface area contributed by atoms with E-state index >= 15 is 0 Å². The van der Waals surface area contributed by atoms with Gasteiger partial charge in [-0.2, -0.15) is 0 Å². The molecule has 7 heteroatoms. The Bertz CT molecular complexity index is 999. The Hall–Kier alpha value is -2.80. The minimum Gasteiger partial charge on any atom is -0.497 e. The van der Waals surface area contributed by atoms with Gasteiger partial charge in [0.1, 0.15) is 5.75 Å². The molecule has 0 aliphatic rings. The minimum atomic E-state index is -0.312.